The van der Waals surface area contributed by atoms with Crippen LogP contribution >= 0.6 is 15.9 Å². The predicted molar refractivity (Wildman–Crippen MR) is 63.6 cm³/mol. The molecule has 0 amide bonds. The summed E-state index contributed by atoms with van der Waals surface area (Å²) < 4.78 is 14.4. The van der Waals surface area contributed by atoms with Gasteiger partial charge in [-0.2, -0.15) is 0 Å². The van der Waals surface area contributed by atoms with Gasteiger partial charge < -0.3 is 5.32 Å². The highest BCUT2D eigenvalue weighted by Crippen LogP contribution is 2.24. The molecule has 0 aromatic heterocycles. The fourth-order valence-corrected chi connectivity index (χ4v) is 2.49. The minimum absolute atomic E-state index is 0.0938. The monoisotopic (exact) mass is 271 g/mol. The second-order valence-corrected chi connectivity index (χ2v) is 5.01. The Bertz CT molecular complexity index is 359. The Labute approximate surface area is 98.2 Å². The van der Waals surface area contributed by atoms with Gasteiger partial charge in [0.2, 0.25) is 0 Å². The van der Waals surface area contributed by atoms with Gasteiger partial charge in [-0.25, -0.2) is 4.39 Å². The molecule has 15 heavy (non-hydrogen) atoms. The second-order valence-electron chi connectivity index (χ2n) is 4.15. The zero-order valence-corrected chi connectivity index (χ0v) is 10.4. The molecule has 1 aromatic rings. The summed E-state index contributed by atoms with van der Waals surface area (Å²) in [7, 11) is 0. The minimum atomic E-state index is -0.0938. The third-order valence-corrected chi connectivity index (χ3v) is 3.66. The maximum Gasteiger partial charge on any atom is 0.140 e. The summed E-state index contributed by atoms with van der Waals surface area (Å²) in [5.41, 5.74) is 1.90. The van der Waals surface area contributed by atoms with Crippen LogP contribution < -0.4 is 5.32 Å². The first kappa shape index (κ1) is 11.1. The lowest BCUT2D eigenvalue weighted by Crippen LogP contribution is -2.24. The zero-order chi connectivity index (χ0) is 10.8. The Hall–Kier alpha value is -0.410. The molecule has 1 saturated heterocycles. The van der Waals surface area contributed by atoms with Crippen LogP contribution in [-0.2, 0) is 6.42 Å². The van der Waals surface area contributed by atoms with Crippen molar-refractivity contribution in [1.82, 2.24) is 5.32 Å². The molecule has 1 fully saturated rings. The minimum Gasteiger partial charge on any atom is -0.314 e. The number of hydrogen-bond acceptors (Lipinski definition) is 1. The molecular formula is C12H15BrFN. The van der Waals surface area contributed by atoms with Gasteiger partial charge in [-0.15, -0.1) is 0 Å². The molecule has 0 aliphatic carbocycles. The zero-order valence-electron chi connectivity index (χ0n) is 8.82. The number of nitrogens with one attached hydrogen (secondary N) is 1. The molecule has 1 atom stereocenters. The van der Waals surface area contributed by atoms with Gasteiger partial charge in [-0.05, 0) is 65.9 Å². The fraction of sp³-hybridized carbons (Fsp3) is 0.500. The molecule has 1 aromatic carbocycles. The van der Waals surface area contributed by atoms with E-state index in [1.807, 2.05) is 13.0 Å². The van der Waals surface area contributed by atoms with Crippen molar-refractivity contribution in [2.24, 2.45) is 0 Å². The molecular weight excluding hydrogens is 257 g/mol. The van der Waals surface area contributed by atoms with Gasteiger partial charge in [0.15, 0.2) is 0 Å². The van der Waals surface area contributed by atoms with Crippen LogP contribution in [0.4, 0.5) is 4.39 Å². The Morgan fingerprint density at radius 2 is 2.33 bits per heavy atom. The summed E-state index contributed by atoms with van der Waals surface area (Å²) in [5, 5.41) is 3.40. The van der Waals surface area contributed by atoms with E-state index in [2.05, 4.69) is 21.2 Å². The smallest absolute Gasteiger partial charge is 0.140 e. The number of benzene rings is 1. The molecule has 0 radical (unpaired) electrons. The van der Waals surface area contributed by atoms with Gasteiger partial charge in [0.1, 0.15) is 5.82 Å². The number of aryl methyl sites for hydroxylation is 1. The van der Waals surface area contributed by atoms with Crippen molar-refractivity contribution in [3.05, 3.63) is 33.5 Å². The highest BCUT2D eigenvalue weighted by molar-refractivity contribution is 9.10. The third kappa shape index (κ3) is 2.40. The van der Waals surface area contributed by atoms with E-state index in [1.165, 1.54) is 6.42 Å². The van der Waals surface area contributed by atoms with E-state index in [1.54, 1.807) is 6.07 Å². The van der Waals surface area contributed by atoms with E-state index >= 15 is 0 Å². The maximum absolute atomic E-state index is 13.8. The van der Waals surface area contributed by atoms with E-state index in [4.69, 9.17) is 0 Å². The van der Waals surface area contributed by atoms with E-state index in [0.717, 1.165) is 30.5 Å². The molecule has 0 bridgehead atoms. The lowest BCUT2D eigenvalue weighted by molar-refractivity contribution is 0.555. The summed E-state index contributed by atoms with van der Waals surface area (Å²) >= 11 is 3.23. The average Bonchev–Trinajstić information content (AvgIpc) is 2.71. The van der Waals surface area contributed by atoms with Crippen molar-refractivity contribution in [3.8, 4) is 0 Å². The molecule has 0 saturated carbocycles. The third-order valence-electron chi connectivity index (χ3n) is 3.04. The molecule has 1 N–H and O–H groups in total. The van der Waals surface area contributed by atoms with E-state index in [-0.39, 0.29) is 5.82 Å². The summed E-state index contributed by atoms with van der Waals surface area (Å²) in [4.78, 5) is 0. The largest absolute Gasteiger partial charge is 0.314 e. The van der Waals surface area contributed by atoms with Gasteiger partial charge in [-0.3, -0.25) is 0 Å². The average molecular weight is 272 g/mol. The molecule has 1 aliphatic rings. The lowest BCUT2D eigenvalue weighted by atomic mass is 10.00. The van der Waals surface area contributed by atoms with Crippen LogP contribution in [0.15, 0.2) is 16.6 Å². The number of hydrogen-bond donors (Lipinski definition) is 1. The Morgan fingerprint density at radius 3 is 3.00 bits per heavy atom. The topological polar surface area (TPSA) is 12.0 Å². The number of halogens is 2. The van der Waals surface area contributed by atoms with Gasteiger partial charge in [0.25, 0.3) is 0 Å². The fourth-order valence-electron chi connectivity index (χ4n) is 2.12. The van der Waals surface area contributed by atoms with Crippen LogP contribution in [0.25, 0.3) is 0 Å². The molecule has 1 unspecified atom stereocenters. The maximum atomic E-state index is 13.8. The van der Waals surface area contributed by atoms with Crippen LogP contribution in [0.5, 0.6) is 0 Å². The number of rotatable bonds is 2. The summed E-state index contributed by atoms with van der Waals surface area (Å²) in [6.45, 7) is 3.04. The van der Waals surface area contributed by atoms with Crippen molar-refractivity contribution in [1.29, 1.82) is 0 Å². The molecule has 82 valence electrons. The van der Waals surface area contributed by atoms with Gasteiger partial charge in [0.05, 0.1) is 4.47 Å². The van der Waals surface area contributed by atoms with Crippen LogP contribution in [0.1, 0.15) is 24.0 Å². The lowest BCUT2D eigenvalue weighted by Gasteiger charge is -2.13. The van der Waals surface area contributed by atoms with E-state index in [9.17, 15) is 4.39 Å². The molecule has 1 aliphatic heterocycles. The van der Waals surface area contributed by atoms with Crippen LogP contribution in [-0.4, -0.2) is 12.6 Å². The second kappa shape index (κ2) is 4.62. The van der Waals surface area contributed by atoms with Crippen molar-refractivity contribution in [3.63, 3.8) is 0 Å². The van der Waals surface area contributed by atoms with E-state index in [0.29, 0.717) is 10.5 Å². The quantitative estimate of drug-likeness (QED) is 0.871. The van der Waals surface area contributed by atoms with Crippen molar-refractivity contribution >= 4 is 15.9 Å². The Kier molecular flexibility index (Phi) is 3.42. The highest BCUT2D eigenvalue weighted by atomic mass is 79.9. The van der Waals surface area contributed by atoms with Gasteiger partial charge >= 0.3 is 0 Å². The normalized spacial score (nSPS) is 20.9. The van der Waals surface area contributed by atoms with Crippen LogP contribution in [0.2, 0.25) is 0 Å². The molecule has 1 nitrogen and oxygen atoms in total. The van der Waals surface area contributed by atoms with Crippen molar-refractivity contribution in [2.45, 2.75) is 32.2 Å². The Balaban J connectivity index is 2.22. The van der Waals surface area contributed by atoms with Gasteiger partial charge in [-0.1, -0.05) is 6.07 Å². The summed E-state index contributed by atoms with van der Waals surface area (Å²) in [6, 6.07) is 4.20. The first-order chi connectivity index (χ1) is 7.18. The first-order valence-corrected chi connectivity index (χ1v) is 6.14. The highest BCUT2D eigenvalue weighted by Gasteiger charge is 2.18. The van der Waals surface area contributed by atoms with Crippen LogP contribution in [0, 0.1) is 12.7 Å². The Morgan fingerprint density at radius 1 is 1.53 bits per heavy atom. The summed E-state index contributed by atoms with van der Waals surface area (Å²) in [6.07, 6.45) is 3.17. The first-order valence-electron chi connectivity index (χ1n) is 5.35. The van der Waals surface area contributed by atoms with Crippen LogP contribution in [0.3, 0.4) is 0 Å². The SMILES string of the molecule is Cc1ccc(Br)c(F)c1CC1CCCN1. The molecule has 0 spiro atoms. The molecule has 2 rings (SSSR count). The predicted octanol–water partition coefficient (Wildman–Crippen LogP) is 3.19. The summed E-state index contributed by atoms with van der Waals surface area (Å²) in [5.74, 6) is -0.0938. The standard InChI is InChI=1S/C12H15BrFN/c1-8-4-5-11(13)12(14)10(8)7-9-3-2-6-15-9/h4-5,9,15H,2-3,6-7H2,1H3. The van der Waals surface area contributed by atoms with Gasteiger partial charge in [0, 0.05) is 6.04 Å². The van der Waals surface area contributed by atoms with Crippen molar-refractivity contribution in [2.75, 3.05) is 6.54 Å². The molecule has 1 heterocycles. The van der Waals surface area contributed by atoms with E-state index < -0.39 is 0 Å². The molecule has 3 heteroatoms. The van der Waals surface area contributed by atoms with Crippen molar-refractivity contribution < 1.29 is 4.39 Å².